The minimum absolute atomic E-state index is 0.00441. The van der Waals surface area contributed by atoms with Crippen molar-refractivity contribution < 1.29 is 19.1 Å². The van der Waals surface area contributed by atoms with E-state index in [1.54, 1.807) is 0 Å². The van der Waals surface area contributed by atoms with Crippen LogP contribution in [0.25, 0.3) is 0 Å². The number of nitrogens with one attached hydrogen (secondary N) is 4. The van der Waals surface area contributed by atoms with E-state index in [2.05, 4.69) is 33.4 Å². The lowest BCUT2D eigenvalue weighted by Crippen LogP contribution is -2.37. The van der Waals surface area contributed by atoms with Crippen LogP contribution in [-0.2, 0) is 9.53 Å². The van der Waals surface area contributed by atoms with E-state index in [0.29, 0.717) is 24.8 Å². The van der Waals surface area contributed by atoms with Crippen LogP contribution < -0.4 is 21.3 Å². The molecular weight excluding hydrogens is 404 g/mol. The van der Waals surface area contributed by atoms with Gasteiger partial charge < -0.3 is 26.0 Å². The summed E-state index contributed by atoms with van der Waals surface area (Å²) in [6.07, 6.45) is 12.0. The summed E-state index contributed by atoms with van der Waals surface area (Å²) in [6, 6.07) is 0.411. The molecule has 0 spiro atoms. The molecule has 3 aliphatic rings. The van der Waals surface area contributed by atoms with Crippen LogP contribution in [0, 0.1) is 0 Å². The number of alkyl carbamates (subject to hydrolysis) is 1. The van der Waals surface area contributed by atoms with Gasteiger partial charge in [0.25, 0.3) is 0 Å². The van der Waals surface area contributed by atoms with Crippen molar-refractivity contribution in [2.24, 2.45) is 0 Å². The minimum atomic E-state index is -0.403. The highest BCUT2D eigenvalue weighted by atomic mass is 32.2. The molecule has 4 amide bonds. The number of carbonyl (C=O) groups is 3. The molecule has 2 saturated heterocycles. The van der Waals surface area contributed by atoms with Gasteiger partial charge >= 0.3 is 12.1 Å². The maximum Gasteiger partial charge on any atom is 0.407 e. The van der Waals surface area contributed by atoms with Gasteiger partial charge in [-0.2, -0.15) is 11.8 Å². The molecule has 2 aliphatic heterocycles. The number of amides is 4. The van der Waals surface area contributed by atoms with Crippen molar-refractivity contribution >= 4 is 29.8 Å². The normalized spacial score (nSPS) is 29.0. The number of allylic oxidation sites excluding steroid dienone is 2. The van der Waals surface area contributed by atoms with E-state index in [0.717, 1.165) is 57.1 Å². The van der Waals surface area contributed by atoms with Gasteiger partial charge in [-0.05, 0) is 44.9 Å². The maximum absolute atomic E-state index is 12.0. The van der Waals surface area contributed by atoms with E-state index in [9.17, 15) is 14.4 Å². The highest BCUT2D eigenvalue weighted by Gasteiger charge is 2.42. The van der Waals surface area contributed by atoms with E-state index < -0.39 is 6.09 Å². The number of carbonyl (C=O) groups excluding carboxylic acids is 3. The molecule has 168 valence electrons. The monoisotopic (exact) mass is 438 g/mol. The standard InChI is InChI=1S/C21H34N4O4S/c26-18(11-7-6-10-17-19-16(14-30-17)24-20(27)25-19)22-12-13-23-21(28)29-15-8-4-2-1-3-5-9-15/h1-2,15-17,19H,3-14H2,(H,22,26)(H,23,28)(H2,24,25,27)/b2-1-/t15?,16-,17-,19-/m0/s1. The van der Waals surface area contributed by atoms with Crippen molar-refractivity contribution in [1.29, 1.82) is 0 Å². The number of rotatable bonds is 9. The molecule has 30 heavy (non-hydrogen) atoms. The molecule has 4 N–H and O–H groups in total. The first kappa shape index (κ1) is 22.8. The zero-order chi connectivity index (χ0) is 21.2. The highest BCUT2D eigenvalue weighted by Crippen LogP contribution is 2.33. The quantitative estimate of drug-likeness (QED) is 0.251. The van der Waals surface area contributed by atoms with Gasteiger partial charge in [0, 0.05) is 30.5 Å². The van der Waals surface area contributed by atoms with Crippen LogP contribution >= 0.6 is 11.8 Å². The lowest BCUT2D eigenvalue weighted by Gasteiger charge is -2.18. The van der Waals surface area contributed by atoms with Gasteiger partial charge in [0.1, 0.15) is 6.10 Å². The molecule has 0 aromatic rings. The van der Waals surface area contributed by atoms with Gasteiger partial charge in [0.05, 0.1) is 12.1 Å². The Hall–Kier alpha value is -1.90. The average molecular weight is 439 g/mol. The first-order valence-corrected chi connectivity index (χ1v) is 12.2. The summed E-state index contributed by atoms with van der Waals surface area (Å²) in [6.45, 7) is 0.771. The van der Waals surface area contributed by atoms with Crippen LogP contribution in [0.2, 0.25) is 0 Å². The third kappa shape index (κ3) is 7.41. The number of unbranched alkanes of at least 4 members (excludes halogenated alkanes) is 1. The second-order valence-corrected chi connectivity index (χ2v) is 9.42. The van der Waals surface area contributed by atoms with Crippen molar-refractivity contribution in [2.45, 2.75) is 81.2 Å². The van der Waals surface area contributed by atoms with Gasteiger partial charge in [0.2, 0.25) is 5.91 Å². The Morgan fingerprint density at radius 1 is 1.10 bits per heavy atom. The van der Waals surface area contributed by atoms with E-state index in [-0.39, 0.29) is 30.1 Å². The van der Waals surface area contributed by atoms with Crippen LogP contribution in [0.4, 0.5) is 9.59 Å². The van der Waals surface area contributed by atoms with E-state index in [4.69, 9.17) is 4.74 Å². The Bertz CT molecular complexity index is 630. The second kappa shape index (κ2) is 12.1. The molecule has 0 radical (unpaired) electrons. The summed E-state index contributed by atoms with van der Waals surface area (Å²) in [5.41, 5.74) is 0. The Labute approximate surface area is 182 Å². The van der Waals surface area contributed by atoms with Gasteiger partial charge in [-0.3, -0.25) is 4.79 Å². The number of hydrogen-bond donors (Lipinski definition) is 4. The van der Waals surface area contributed by atoms with Crippen molar-refractivity contribution in [3.05, 3.63) is 12.2 Å². The zero-order valence-corrected chi connectivity index (χ0v) is 18.3. The fraction of sp³-hybridized carbons (Fsp3) is 0.762. The first-order valence-electron chi connectivity index (χ1n) is 11.2. The molecule has 0 saturated carbocycles. The topological polar surface area (TPSA) is 109 Å². The third-order valence-electron chi connectivity index (χ3n) is 5.79. The Morgan fingerprint density at radius 2 is 1.93 bits per heavy atom. The molecule has 0 bridgehead atoms. The second-order valence-electron chi connectivity index (χ2n) is 8.15. The Morgan fingerprint density at radius 3 is 2.83 bits per heavy atom. The largest absolute Gasteiger partial charge is 0.446 e. The molecule has 1 aliphatic carbocycles. The van der Waals surface area contributed by atoms with Gasteiger partial charge in [-0.15, -0.1) is 0 Å². The number of ether oxygens (including phenoxy) is 1. The number of thioether (sulfide) groups is 1. The fourth-order valence-electron chi connectivity index (χ4n) is 4.17. The van der Waals surface area contributed by atoms with E-state index in [1.165, 1.54) is 0 Å². The number of fused-ring (bicyclic) bond motifs is 1. The predicted octanol–water partition coefficient (Wildman–Crippen LogP) is 2.44. The van der Waals surface area contributed by atoms with E-state index >= 15 is 0 Å². The summed E-state index contributed by atoms with van der Waals surface area (Å²) in [5, 5.41) is 11.9. The van der Waals surface area contributed by atoms with Crippen molar-refractivity contribution in [2.75, 3.05) is 18.8 Å². The third-order valence-corrected chi connectivity index (χ3v) is 7.30. The minimum Gasteiger partial charge on any atom is -0.446 e. The molecular formula is C21H34N4O4S. The molecule has 9 heteroatoms. The summed E-state index contributed by atoms with van der Waals surface area (Å²) < 4.78 is 5.47. The van der Waals surface area contributed by atoms with Crippen molar-refractivity contribution in [3.8, 4) is 0 Å². The lowest BCUT2D eigenvalue weighted by molar-refractivity contribution is -0.121. The molecule has 3 rings (SSSR count). The van der Waals surface area contributed by atoms with Crippen LogP contribution in [0.1, 0.15) is 57.8 Å². The molecule has 8 nitrogen and oxygen atoms in total. The number of hydrogen-bond acceptors (Lipinski definition) is 5. The van der Waals surface area contributed by atoms with Crippen LogP contribution in [-0.4, -0.2) is 60.3 Å². The summed E-state index contributed by atoms with van der Waals surface area (Å²) in [4.78, 5) is 35.3. The van der Waals surface area contributed by atoms with Crippen LogP contribution in [0.3, 0.4) is 0 Å². The number of urea groups is 1. The molecule has 4 atom stereocenters. The van der Waals surface area contributed by atoms with E-state index in [1.807, 2.05) is 11.8 Å². The van der Waals surface area contributed by atoms with Crippen LogP contribution in [0.15, 0.2) is 12.2 Å². The van der Waals surface area contributed by atoms with Crippen LogP contribution in [0.5, 0.6) is 0 Å². The lowest BCUT2D eigenvalue weighted by atomic mass is 10.0. The Balaban J connectivity index is 1.18. The molecule has 2 heterocycles. The molecule has 1 unspecified atom stereocenters. The summed E-state index contributed by atoms with van der Waals surface area (Å²) in [5.74, 6) is 0.965. The van der Waals surface area contributed by atoms with Gasteiger partial charge in [-0.25, -0.2) is 9.59 Å². The first-order chi connectivity index (χ1) is 14.6. The van der Waals surface area contributed by atoms with Crippen molar-refractivity contribution in [1.82, 2.24) is 21.3 Å². The fourth-order valence-corrected chi connectivity index (χ4v) is 5.71. The van der Waals surface area contributed by atoms with Crippen molar-refractivity contribution in [3.63, 3.8) is 0 Å². The smallest absolute Gasteiger partial charge is 0.407 e. The molecule has 0 aromatic heterocycles. The van der Waals surface area contributed by atoms with Gasteiger partial charge in [-0.1, -0.05) is 18.6 Å². The summed E-state index contributed by atoms with van der Waals surface area (Å²) >= 11 is 1.90. The predicted molar refractivity (Wildman–Crippen MR) is 117 cm³/mol. The highest BCUT2D eigenvalue weighted by molar-refractivity contribution is 8.00. The Kier molecular flexibility index (Phi) is 9.17. The SMILES string of the molecule is O=C(CCCC[C@@H]1SC[C@@H]2NC(=O)N[C@@H]21)NCCNC(=O)OC1CC/C=C\CCC1. The zero-order valence-electron chi connectivity index (χ0n) is 17.5. The average Bonchev–Trinajstić information content (AvgIpc) is 3.24. The van der Waals surface area contributed by atoms with Gasteiger partial charge in [0.15, 0.2) is 0 Å². The molecule has 0 aromatic carbocycles. The maximum atomic E-state index is 12.0. The molecule has 2 fully saturated rings. The summed E-state index contributed by atoms with van der Waals surface area (Å²) in [7, 11) is 0.